The van der Waals surface area contributed by atoms with Gasteiger partial charge in [0.15, 0.2) is 0 Å². The van der Waals surface area contributed by atoms with Gasteiger partial charge in [-0.3, -0.25) is 14.2 Å². The molecule has 1 saturated heterocycles. The number of rotatable bonds is 3. The number of carbonyl (C=O) groups is 1. The molecule has 0 saturated carbocycles. The SMILES string of the molecule is CC(C)n1cnc2cc(N3CCN(C(=O)c4ccno4)CC3)ccc2c1=O. The Balaban J connectivity index is 1.51. The topological polar surface area (TPSA) is 84.5 Å². The van der Waals surface area contributed by atoms with Crippen LogP contribution in [0.5, 0.6) is 0 Å². The van der Waals surface area contributed by atoms with E-state index in [1.807, 2.05) is 32.0 Å². The second kappa shape index (κ2) is 6.86. The first-order chi connectivity index (χ1) is 13.0. The normalized spacial score (nSPS) is 14.9. The van der Waals surface area contributed by atoms with Crippen molar-refractivity contribution in [2.45, 2.75) is 19.9 Å². The van der Waals surface area contributed by atoms with Crippen LogP contribution in [0, 0.1) is 0 Å². The van der Waals surface area contributed by atoms with E-state index in [9.17, 15) is 9.59 Å². The van der Waals surface area contributed by atoms with Crippen LogP contribution >= 0.6 is 0 Å². The quantitative estimate of drug-likeness (QED) is 0.703. The van der Waals surface area contributed by atoms with Gasteiger partial charge < -0.3 is 14.3 Å². The van der Waals surface area contributed by atoms with Crippen LogP contribution in [-0.4, -0.2) is 51.7 Å². The van der Waals surface area contributed by atoms with Crippen molar-refractivity contribution in [3.63, 3.8) is 0 Å². The number of aromatic nitrogens is 3. The Morgan fingerprint density at radius 1 is 1.15 bits per heavy atom. The second-order valence-corrected chi connectivity index (χ2v) is 6.91. The molecule has 0 aliphatic carbocycles. The maximum Gasteiger partial charge on any atom is 0.292 e. The van der Waals surface area contributed by atoms with Crippen LogP contribution in [0.4, 0.5) is 5.69 Å². The Labute approximate surface area is 156 Å². The molecule has 0 atom stereocenters. The molecule has 8 heteroatoms. The summed E-state index contributed by atoms with van der Waals surface area (Å²) in [4.78, 5) is 33.3. The predicted molar refractivity (Wildman–Crippen MR) is 101 cm³/mol. The molecule has 1 amide bonds. The number of fused-ring (bicyclic) bond motifs is 1. The summed E-state index contributed by atoms with van der Waals surface area (Å²) >= 11 is 0. The molecule has 2 aromatic heterocycles. The monoisotopic (exact) mass is 367 g/mol. The van der Waals surface area contributed by atoms with Crippen LogP contribution in [0.2, 0.25) is 0 Å². The highest BCUT2D eigenvalue weighted by Crippen LogP contribution is 2.21. The third kappa shape index (κ3) is 3.18. The van der Waals surface area contributed by atoms with E-state index in [1.165, 1.54) is 6.20 Å². The van der Waals surface area contributed by atoms with Gasteiger partial charge in [0.25, 0.3) is 11.5 Å². The molecule has 1 fully saturated rings. The summed E-state index contributed by atoms with van der Waals surface area (Å²) in [6.07, 6.45) is 3.08. The molecular weight excluding hydrogens is 346 g/mol. The number of nitrogens with zero attached hydrogens (tertiary/aromatic N) is 5. The molecule has 3 aromatic rings. The summed E-state index contributed by atoms with van der Waals surface area (Å²) < 4.78 is 6.59. The molecule has 4 rings (SSSR count). The van der Waals surface area contributed by atoms with Crippen molar-refractivity contribution in [3.8, 4) is 0 Å². The zero-order valence-electron chi connectivity index (χ0n) is 15.3. The Kier molecular flexibility index (Phi) is 4.39. The van der Waals surface area contributed by atoms with E-state index in [1.54, 1.807) is 21.9 Å². The molecule has 27 heavy (non-hydrogen) atoms. The van der Waals surface area contributed by atoms with Crippen molar-refractivity contribution >= 4 is 22.5 Å². The van der Waals surface area contributed by atoms with Gasteiger partial charge in [0.1, 0.15) is 0 Å². The zero-order valence-corrected chi connectivity index (χ0v) is 15.3. The summed E-state index contributed by atoms with van der Waals surface area (Å²) in [6, 6.07) is 7.38. The lowest BCUT2D eigenvalue weighted by Gasteiger charge is -2.35. The van der Waals surface area contributed by atoms with Crippen LogP contribution < -0.4 is 10.5 Å². The Bertz CT molecular complexity index is 1020. The van der Waals surface area contributed by atoms with Gasteiger partial charge in [0, 0.05) is 44.0 Å². The summed E-state index contributed by atoms with van der Waals surface area (Å²) in [5.74, 6) is 0.126. The molecule has 8 nitrogen and oxygen atoms in total. The summed E-state index contributed by atoms with van der Waals surface area (Å²) in [5, 5.41) is 4.21. The van der Waals surface area contributed by atoms with Crippen LogP contribution in [-0.2, 0) is 0 Å². The van der Waals surface area contributed by atoms with E-state index >= 15 is 0 Å². The predicted octanol–water partition coefficient (Wildman–Crippen LogP) is 1.93. The maximum atomic E-state index is 12.5. The largest absolute Gasteiger partial charge is 0.368 e. The minimum atomic E-state index is -0.137. The molecule has 3 heterocycles. The molecule has 0 spiro atoms. The first-order valence-electron chi connectivity index (χ1n) is 9.00. The van der Waals surface area contributed by atoms with Crippen molar-refractivity contribution in [2.24, 2.45) is 0 Å². The van der Waals surface area contributed by atoms with Gasteiger partial charge >= 0.3 is 0 Å². The molecule has 0 unspecified atom stereocenters. The Morgan fingerprint density at radius 2 is 1.93 bits per heavy atom. The zero-order chi connectivity index (χ0) is 19.0. The highest BCUT2D eigenvalue weighted by molar-refractivity contribution is 5.91. The van der Waals surface area contributed by atoms with Gasteiger partial charge in [-0.15, -0.1) is 0 Å². The molecule has 0 radical (unpaired) electrons. The van der Waals surface area contributed by atoms with Gasteiger partial charge in [-0.2, -0.15) is 0 Å². The number of hydrogen-bond donors (Lipinski definition) is 0. The van der Waals surface area contributed by atoms with Crippen LogP contribution in [0.15, 0.2) is 46.1 Å². The van der Waals surface area contributed by atoms with E-state index in [-0.39, 0.29) is 23.3 Å². The highest BCUT2D eigenvalue weighted by Gasteiger charge is 2.24. The number of piperazine rings is 1. The van der Waals surface area contributed by atoms with Gasteiger partial charge in [0.2, 0.25) is 5.76 Å². The van der Waals surface area contributed by atoms with Gasteiger partial charge in [-0.25, -0.2) is 4.98 Å². The molecule has 1 aliphatic rings. The van der Waals surface area contributed by atoms with Crippen LogP contribution in [0.1, 0.15) is 30.4 Å². The maximum absolute atomic E-state index is 12.5. The lowest BCUT2D eigenvalue weighted by atomic mass is 10.2. The van der Waals surface area contributed by atoms with E-state index in [2.05, 4.69) is 15.0 Å². The molecule has 0 N–H and O–H groups in total. The number of benzene rings is 1. The fourth-order valence-corrected chi connectivity index (χ4v) is 3.34. The average Bonchev–Trinajstić information content (AvgIpc) is 3.22. The van der Waals surface area contributed by atoms with Gasteiger partial charge in [0.05, 0.1) is 23.4 Å². The lowest BCUT2D eigenvalue weighted by molar-refractivity contribution is 0.0705. The van der Waals surface area contributed by atoms with E-state index in [0.29, 0.717) is 37.1 Å². The number of amides is 1. The van der Waals surface area contributed by atoms with E-state index < -0.39 is 0 Å². The van der Waals surface area contributed by atoms with E-state index in [4.69, 9.17) is 4.52 Å². The minimum absolute atomic E-state index is 0.0241. The fraction of sp³-hybridized carbons (Fsp3) is 0.368. The highest BCUT2D eigenvalue weighted by atomic mass is 16.5. The van der Waals surface area contributed by atoms with Gasteiger partial charge in [-0.1, -0.05) is 5.16 Å². The number of hydrogen-bond acceptors (Lipinski definition) is 6. The standard InChI is InChI=1S/C19H21N5O3/c1-13(2)24-12-20-16-11-14(3-4-15(16)18(24)25)22-7-9-23(10-8-22)19(26)17-5-6-21-27-17/h3-6,11-13H,7-10H2,1-2H3. The summed E-state index contributed by atoms with van der Waals surface area (Å²) in [7, 11) is 0. The molecule has 0 bridgehead atoms. The summed E-state index contributed by atoms with van der Waals surface area (Å²) in [5.41, 5.74) is 1.67. The first kappa shape index (κ1) is 17.3. The van der Waals surface area contributed by atoms with Crippen molar-refractivity contribution in [1.29, 1.82) is 0 Å². The smallest absolute Gasteiger partial charge is 0.292 e. The van der Waals surface area contributed by atoms with Crippen molar-refractivity contribution in [2.75, 3.05) is 31.1 Å². The number of carbonyl (C=O) groups excluding carboxylic acids is 1. The third-order valence-electron chi connectivity index (χ3n) is 4.90. The van der Waals surface area contributed by atoms with Gasteiger partial charge in [-0.05, 0) is 32.0 Å². The first-order valence-corrected chi connectivity index (χ1v) is 9.00. The minimum Gasteiger partial charge on any atom is -0.368 e. The number of anilines is 1. The van der Waals surface area contributed by atoms with E-state index in [0.717, 1.165) is 5.69 Å². The van der Waals surface area contributed by atoms with Crippen molar-refractivity contribution < 1.29 is 9.32 Å². The fourth-order valence-electron chi connectivity index (χ4n) is 3.34. The third-order valence-corrected chi connectivity index (χ3v) is 4.90. The Hall–Kier alpha value is -3.16. The molecule has 140 valence electrons. The molecule has 1 aromatic carbocycles. The average molecular weight is 367 g/mol. The lowest BCUT2D eigenvalue weighted by Crippen LogP contribution is -2.48. The van der Waals surface area contributed by atoms with Crippen LogP contribution in [0.3, 0.4) is 0 Å². The van der Waals surface area contributed by atoms with Crippen LogP contribution in [0.25, 0.3) is 10.9 Å². The molecule has 1 aliphatic heterocycles. The summed E-state index contributed by atoms with van der Waals surface area (Å²) in [6.45, 7) is 6.52. The second-order valence-electron chi connectivity index (χ2n) is 6.91. The molecular formula is C19H21N5O3. The Morgan fingerprint density at radius 3 is 2.59 bits per heavy atom. The van der Waals surface area contributed by atoms with Crippen molar-refractivity contribution in [1.82, 2.24) is 19.6 Å². The van der Waals surface area contributed by atoms with Crippen molar-refractivity contribution in [3.05, 3.63) is 52.9 Å².